The third-order valence-electron chi connectivity index (χ3n) is 2.66. The fraction of sp³-hybridized carbons (Fsp3) is 0.462. The number of primary amides is 1. The first-order valence-electron chi connectivity index (χ1n) is 5.87. The zero-order valence-electron chi connectivity index (χ0n) is 11.1. The smallest absolute Gasteiger partial charge is 0.248 e. The van der Waals surface area contributed by atoms with Gasteiger partial charge in [0.05, 0.1) is 12.7 Å². The van der Waals surface area contributed by atoms with Crippen LogP contribution < -0.4 is 5.73 Å². The van der Waals surface area contributed by atoms with Crippen LogP contribution in [-0.4, -0.2) is 49.3 Å². The number of carbonyl (C=O) groups excluding carboxylic acids is 1. The number of ether oxygens (including phenoxy) is 1. The van der Waals surface area contributed by atoms with Crippen LogP contribution in [0.15, 0.2) is 18.2 Å². The molecule has 0 aromatic heterocycles. The number of hydrogen-bond donors (Lipinski definition) is 2. The largest absolute Gasteiger partial charge is 0.389 e. The molecule has 0 aliphatic rings. The maximum atomic E-state index is 11.0. The molecular formula is C13H19ClN2O3. The summed E-state index contributed by atoms with van der Waals surface area (Å²) in [5.41, 5.74) is 6.44. The Morgan fingerprint density at radius 3 is 2.79 bits per heavy atom. The number of hydrogen-bond acceptors (Lipinski definition) is 4. The van der Waals surface area contributed by atoms with Gasteiger partial charge in [-0.15, -0.1) is 0 Å². The van der Waals surface area contributed by atoms with Crippen molar-refractivity contribution in [1.82, 2.24) is 4.90 Å². The van der Waals surface area contributed by atoms with Crippen LogP contribution in [0.3, 0.4) is 0 Å². The third-order valence-corrected chi connectivity index (χ3v) is 3.01. The molecule has 1 aromatic rings. The molecule has 0 heterocycles. The van der Waals surface area contributed by atoms with Crippen molar-refractivity contribution in [2.24, 2.45) is 5.73 Å². The van der Waals surface area contributed by atoms with Gasteiger partial charge in [-0.25, -0.2) is 0 Å². The van der Waals surface area contributed by atoms with Gasteiger partial charge in [-0.3, -0.25) is 9.69 Å². The lowest BCUT2D eigenvalue weighted by atomic mass is 10.1. The van der Waals surface area contributed by atoms with Gasteiger partial charge in [-0.2, -0.15) is 0 Å². The van der Waals surface area contributed by atoms with Gasteiger partial charge in [0.15, 0.2) is 0 Å². The van der Waals surface area contributed by atoms with Crippen LogP contribution in [0, 0.1) is 0 Å². The van der Waals surface area contributed by atoms with Crippen molar-refractivity contribution in [3.05, 3.63) is 34.3 Å². The summed E-state index contributed by atoms with van der Waals surface area (Å²) >= 11 is 6.09. The van der Waals surface area contributed by atoms with Crippen LogP contribution in [0.25, 0.3) is 0 Å². The molecule has 106 valence electrons. The highest BCUT2D eigenvalue weighted by atomic mass is 35.5. The maximum Gasteiger partial charge on any atom is 0.248 e. The fourth-order valence-corrected chi connectivity index (χ4v) is 2.03. The molecule has 3 N–H and O–H groups in total. The molecule has 1 aromatic carbocycles. The summed E-state index contributed by atoms with van der Waals surface area (Å²) in [4.78, 5) is 12.9. The molecule has 19 heavy (non-hydrogen) atoms. The van der Waals surface area contributed by atoms with Crippen molar-refractivity contribution in [3.8, 4) is 0 Å². The molecule has 0 spiro atoms. The van der Waals surface area contributed by atoms with E-state index in [1.165, 1.54) is 0 Å². The first kappa shape index (κ1) is 15.9. The maximum absolute atomic E-state index is 11.0. The molecule has 5 nitrogen and oxygen atoms in total. The summed E-state index contributed by atoms with van der Waals surface area (Å²) in [7, 11) is 3.42. The Morgan fingerprint density at radius 1 is 1.58 bits per heavy atom. The third kappa shape index (κ3) is 5.16. The van der Waals surface area contributed by atoms with E-state index >= 15 is 0 Å². The predicted octanol–water partition coefficient (Wildman–Crippen LogP) is 0.878. The van der Waals surface area contributed by atoms with Crippen LogP contribution >= 0.6 is 11.6 Å². The minimum atomic E-state index is -0.543. The second-order valence-electron chi connectivity index (χ2n) is 4.48. The van der Waals surface area contributed by atoms with Crippen LogP contribution in [0.2, 0.25) is 5.02 Å². The zero-order valence-corrected chi connectivity index (χ0v) is 11.9. The van der Waals surface area contributed by atoms with E-state index in [2.05, 4.69) is 0 Å². The van der Waals surface area contributed by atoms with E-state index in [0.29, 0.717) is 30.3 Å². The number of nitrogens with two attached hydrogens (primary N) is 1. The SMILES string of the molecule is COCC(O)CN(C)Cc1ccc(C(N)=O)cc1Cl. The van der Waals surface area contributed by atoms with E-state index < -0.39 is 12.0 Å². The number of aliphatic hydroxyl groups excluding tert-OH is 1. The normalized spacial score (nSPS) is 12.7. The van der Waals surface area contributed by atoms with Gasteiger partial charge in [-0.1, -0.05) is 17.7 Å². The van der Waals surface area contributed by atoms with Crippen LogP contribution in [0.1, 0.15) is 15.9 Å². The van der Waals surface area contributed by atoms with E-state index in [4.69, 9.17) is 22.1 Å². The molecule has 0 aliphatic carbocycles. The van der Waals surface area contributed by atoms with Gasteiger partial charge >= 0.3 is 0 Å². The molecule has 6 heteroatoms. The van der Waals surface area contributed by atoms with Gasteiger partial charge in [0.1, 0.15) is 0 Å². The van der Waals surface area contributed by atoms with Gasteiger partial charge in [-0.05, 0) is 24.7 Å². The number of rotatable bonds is 7. The molecule has 1 amide bonds. The first-order chi connectivity index (χ1) is 8.93. The zero-order chi connectivity index (χ0) is 14.4. The Bertz CT molecular complexity index is 440. The highest BCUT2D eigenvalue weighted by Gasteiger charge is 2.11. The quantitative estimate of drug-likeness (QED) is 0.780. The number of carbonyl (C=O) groups is 1. The average Bonchev–Trinajstić information content (AvgIpc) is 2.31. The molecule has 0 saturated heterocycles. The molecule has 1 atom stereocenters. The average molecular weight is 287 g/mol. The Hall–Kier alpha value is -1.14. The van der Waals surface area contributed by atoms with Crippen molar-refractivity contribution < 1.29 is 14.6 Å². The van der Waals surface area contributed by atoms with Crippen LogP contribution in [0.4, 0.5) is 0 Å². The monoisotopic (exact) mass is 286 g/mol. The van der Waals surface area contributed by atoms with Gasteiger partial charge in [0.25, 0.3) is 0 Å². The Labute approximate surface area is 117 Å². The van der Waals surface area contributed by atoms with E-state index in [-0.39, 0.29) is 0 Å². The number of methoxy groups -OCH3 is 1. The molecule has 0 aliphatic heterocycles. The number of likely N-dealkylation sites (N-methyl/N-ethyl adjacent to an activating group) is 1. The second-order valence-corrected chi connectivity index (χ2v) is 4.88. The van der Waals surface area contributed by atoms with Crippen molar-refractivity contribution in [2.75, 3.05) is 27.3 Å². The number of aliphatic hydroxyl groups is 1. The minimum Gasteiger partial charge on any atom is -0.389 e. The second kappa shape index (κ2) is 7.45. The Morgan fingerprint density at radius 2 is 2.26 bits per heavy atom. The van der Waals surface area contributed by atoms with Crippen molar-refractivity contribution in [1.29, 1.82) is 0 Å². The molecule has 0 saturated carbocycles. The lowest BCUT2D eigenvalue weighted by molar-refractivity contribution is 0.0419. The highest BCUT2D eigenvalue weighted by molar-refractivity contribution is 6.31. The molecule has 1 unspecified atom stereocenters. The van der Waals surface area contributed by atoms with E-state index in [1.807, 2.05) is 11.9 Å². The summed E-state index contributed by atoms with van der Waals surface area (Å²) in [5.74, 6) is -0.502. The molecular weight excluding hydrogens is 268 g/mol. The number of amides is 1. The molecule has 0 radical (unpaired) electrons. The number of benzene rings is 1. The first-order valence-corrected chi connectivity index (χ1v) is 6.25. The van der Waals surface area contributed by atoms with Crippen LogP contribution in [-0.2, 0) is 11.3 Å². The summed E-state index contributed by atoms with van der Waals surface area (Å²) in [6.07, 6.45) is -0.543. The van der Waals surface area contributed by atoms with E-state index in [0.717, 1.165) is 5.56 Å². The molecule has 1 rings (SSSR count). The van der Waals surface area contributed by atoms with Gasteiger partial charge in [0.2, 0.25) is 5.91 Å². The Balaban J connectivity index is 2.64. The van der Waals surface area contributed by atoms with Crippen molar-refractivity contribution in [3.63, 3.8) is 0 Å². The topological polar surface area (TPSA) is 75.8 Å². The lowest BCUT2D eigenvalue weighted by Crippen LogP contribution is -2.31. The van der Waals surface area contributed by atoms with Crippen molar-refractivity contribution in [2.45, 2.75) is 12.6 Å². The predicted molar refractivity (Wildman–Crippen MR) is 74.2 cm³/mol. The Kier molecular flexibility index (Phi) is 6.24. The van der Waals surface area contributed by atoms with Gasteiger partial charge in [0, 0.05) is 30.8 Å². The number of nitrogens with zero attached hydrogens (tertiary/aromatic N) is 1. The summed E-state index contributed by atoms with van der Waals surface area (Å²) in [5, 5.41) is 10.1. The fourth-order valence-electron chi connectivity index (χ4n) is 1.79. The molecule has 0 bridgehead atoms. The summed E-state index contributed by atoms with van der Waals surface area (Å²) in [6.45, 7) is 1.33. The van der Waals surface area contributed by atoms with E-state index in [1.54, 1.807) is 25.3 Å². The number of halogens is 1. The summed E-state index contributed by atoms with van der Waals surface area (Å²) in [6, 6.07) is 4.96. The lowest BCUT2D eigenvalue weighted by Gasteiger charge is -2.20. The minimum absolute atomic E-state index is 0.290. The van der Waals surface area contributed by atoms with Crippen molar-refractivity contribution >= 4 is 17.5 Å². The van der Waals surface area contributed by atoms with Crippen LogP contribution in [0.5, 0.6) is 0 Å². The summed E-state index contributed by atoms with van der Waals surface area (Å²) < 4.78 is 4.87. The van der Waals surface area contributed by atoms with E-state index in [9.17, 15) is 9.90 Å². The highest BCUT2D eigenvalue weighted by Crippen LogP contribution is 2.19. The van der Waals surface area contributed by atoms with Gasteiger partial charge < -0.3 is 15.6 Å². The molecule has 0 fully saturated rings. The standard InChI is InChI=1S/C13H19ClN2O3/c1-16(7-11(17)8-19-2)6-10-4-3-9(13(15)18)5-12(10)14/h3-5,11,17H,6-8H2,1-2H3,(H2,15,18).